The van der Waals surface area contributed by atoms with Gasteiger partial charge in [-0.3, -0.25) is 19.3 Å². The Bertz CT molecular complexity index is 697. The SMILES string of the molecule is CCN(C(=O)CN1C(=O)C2C3C=CC(C3)C2C1=O)c1ccccc1. The van der Waals surface area contributed by atoms with Gasteiger partial charge in [0.2, 0.25) is 17.7 Å². The van der Waals surface area contributed by atoms with Crippen molar-refractivity contribution in [2.75, 3.05) is 18.0 Å². The van der Waals surface area contributed by atoms with Gasteiger partial charge in [-0.25, -0.2) is 0 Å². The van der Waals surface area contributed by atoms with Crippen LogP contribution in [0.25, 0.3) is 0 Å². The Kier molecular flexibility index (Phi) is 3.52. The molecule has 0 radical (unpaired) electrons. The summed E-state index contributed by atoms with van der Waals surface area (Å²) >= 11 is 0. The Labute approximate surface area is 140 Å². The summed E-state index contributed by atoms with van der Waals surface area (Å²) in [4.78, 5) is 40.8. The number of carbonyl (C=O) groups is 3. The van der Waals surface area contributed by atoms with Gasteiger partial charge in [0, 0.05) is 12.2 Å². The number of likely N-dealkylation sites (tertiary alicyclic amines) is 1. The minimum Gasteiger partial charge on any atom is -0.311 e. The standard InChI is InChI=1S/C19H20N2O3/c1-2-20(14-6-4-3-5-7-14)15(22)11-21-18(23)16-12-8-9-13(10-12)17(16)19(21)24/h3-9,12-13,16-17H,2,10-11H2,1H3. The number of anilines is 1. The molecule has 124 valence electrons. The van der Waals surface area contributed by atoms with Crippen LogP contribution in [0, 0.1) is 23.7 Å². The number of nitrogens with zero attached hydrogens (tertiary/aromatic N) is 2. The van der Waals surface area contributed by atoms with Crippen molar-refractivity contribution in [2.24, 2.45) is 23.7 Å². The molecule has 3 aliphatic rings. The molecule has 4 rings (SSSR count). The number of carbonyl (C=O) groups excluding carboxylic acids is 3. The van der Waals surface area contributed by atoms with Crippen molar-refractivity contribution >= 4 is 23.4 Å². The molecule has 5 nitrogen and oxygen atoms in total. The molecule has 2 bridgehead atoms. The van der Waals surface area contributed by atoms with Crippen LogP contribution < -0.4 is 4.90 Å². The highest BCUT2D eigenvalue weighted by Gasteiger charge is 2.59. The van der Waals surface area contributed by atoms with Crippen LogP contribution in [0.2, 0.25) is 0 Å². The number of hydrogen-bond donors (Lipinski definition) is 0. The minimum absolute atomic E-state index is 0.160. The Morgan fingerprint density at radius 1 is 1.08 bits per heavy atom. The van der Waals surface area contributed by atoms with Crippen molar-refractivity contribution < 1.29 is 14.4 Å². The monoisotopic (exact) mass is 324 g/mol. The highest BCUT2D eigenvalue weighted by atomic mass is 16.2. The van der Waals surface area contributed by atoms with Gasteiger partial charge in [0.25, 0.3) is 0 Å². The fourth-order valence-electron chi connectivity index (χ4n) is 4.45. The normalized spacial score (nSPS) is 30.1. The van der Waals surface area contributed by atoms with E-state index >= 15 is 0 Å². The van der Waals surface area contributed by atoms with Crippen LogP contribution in [-0.2, 0) is 14.4 Å². The second-order valence-corrected chi connectivity index (χ2v) is 6.74. The maximum absolute atomic E-state index is 12.7. The van der Waals surface area contributed by atoms with Crippen molar-refractivity contribution in [3.05, 3.63) is 42.5 Å². The Hall–Kier alpha value is -2.43. The molecule has 0 aromatic heterocycles. The molecule has 1 saturated carbocycles. The van der Waals surface area contributed by atoms with Gasteiger partial charge >= 0.3 is 0 Å². The molecule has 4 atom stereocenters. The molecule has 4 unspecified atom stereocenters. The van der Waals surface area contributed by atoms with Crippen LogP contribution in [0.4, 0.5) is 5.69 Å². The molecular formula is C19H20N2O3. The van der Waals surface area contributed by atoms with Crippen molar-refractivity contribution in [1.29, 1.82) is 0 Å². The number of fused-ring (bicyclic) bond motifs is 5. The van der Waals surface area contributed by atoms with E-state index in [1.165, 1.54) is 4.90 Å². The van der Waals surface area contributed by atoms with E-state index in [1.54, 1.807) is 4.90 Å². The van der Waals surface area contributed by atoms with Gasteiger partial charge in [-0.15, -0.1) is 0 Å². The quantitative estimate of drug-likeness (QED) is 0.627. The van der Waals surface area contributed by atoms with Crippen molar-refractivity contribution in [3.63, 3.8) is 0 Å². The van der Waals surface area contributed by atoms with E-state index in [1.807, 2.05) is 37.3 Å². The molecule has 1 heterocycles. The van der Waals surface area contributed by atoms with Gasteiger partial charge in [0.05, 0.1) is 11.8 Å². The van der Waals surface area contributed by atoms with E-state index in [0.29, 0.717) is 6.54 Å². The van der Waals surface area contributed by atoms with E-state index in [0.717, 1.165) is 12.1 Å². The summed E-state index contributed by atoms with van der Waals surface area (Å²) in [7, 11) is 0. The molecule has 2 fully saturated rings. The number of benzene rings is 1. The first-order valence-electron chi connectivity index (χ1n) is 8.50. The third-order valence-electron chi connectivity index (χ3n) is 5.54. The summed E-state index contributed by atoms with van der Waals surface area (Å²) in [5.41, 5.74) is 0.783. The summed E-state index contributed by atoms with van der Waals surface area (Å²) in [6.07, 6.45) is 5.02. The summed E-state index contributed by atoms with van der Waals surface area (Å²) in [6, 6.07) is 9.33. The fourth-order valence-corrected chi connectivity index (χ4v) is 4.45. The van der Waals surface area contributed by atoms with E-state index in [2.05, 4.69) is 12.2 Å². The summed E-state index contributed by atoms with van der Waals surface area (Å²) in [6.45, 7) is 2.23. The first-order valence-corrected chi connectivity index (χ1v) is 8.50. The predicted octanol–water partition coefficient (Wildman–Crippen LogP) is 1.85. The van der Waals surface area contributed by atoms with Gasteiger partial charge in [-0.05, 0) is 37.3 Å². The topological polar surface area (TPSA) is 57.7 Å². The van der Waals surface area contributed by atoms with Gasteiger partial charge in [0.15, 0.2) is 0 Å². The highest BCUT2D eigenvalue weighted by molar-refractivity contribution is 6.10. The van der Waals surface area contributed by atoms with Crippen LogP contribution in [0.5, 0.6) is 0 Å². The number of likely N-dealkylation sites (N-methyl/N-ethyl adjacent to an activating group) is 1. The van der Waals surface area contributed by atoms with Gasteiger partial charge in [0.1, 0.15) is 6.54 Å². The molecule has 0 N–H and O–H groups in total. The molecule has 24 heavy (non-hydrogen) atoms. The van der Waals surface area contributed by atoms with Crippen LogP contribution >= 0.6 is 0 Å². The van der Waals surface area contributed by atoms with Crippen molar-refractivity contribution in [1.82, 2.24) is 4.90 Å². The molecule has 1 saturated heterocycles. The third-order valence-corrected chi connectivity index (χ3v) is 5.54. The summed E-state index contributed by atoms with van der Waals surface area (Å²) < 4.78 is 0. The van der Waals surface area contributed by atoms with Crippen molar-refractivity contribution in [2.45, 2.75) is 13.3 Å². The molecular weight excluding hydrogens is 304 g/mol. The second kappa shape index (κ2) is 5.58. The van der Waals surface area contributed by atoms with Gasteiger partial charge in [-0.1, -0.05) is 30.4 Å². The molecule has 1 aliphatic heterocycles. The molecule has 5 heteroatoms. The van der Waals surface area contributed by atoms with Crippen LogP contribution in [0.1, 0.15) is 13.3 Å². The lowest BCUT2D eigenvalue weighted by atomic mass is 9.85. The zero-order valence-corrected chi connectivity index (χ0v) is 13.6. The van der Waals surface area contributed by atoms with Gasteiger partial charge < -0.3 is 4.90 Å². The predicted molar refractivity (Wildman–Crippen MR) is 88.9 cm³/mol. The molecule has 0 spiro atoms. The lowest BCUT2D eigenvalue weighted by molar-refractivity contribution is -0.143. The van der Waals surface area contributed by atoms with Crippen LogP contribution in [0.3, 0.4) is 0 Å². The smallest absolute Gasteiger partial charge is 0.247 e. The summed E-state index contributed by atoms with van der Waals surface area (Å²) in [5, 5.41) is 0. The van der Waals surface area contributed by atoms with Gasteiger partial charge in [-0.2, -0.15) is 0 Å². The Morgan fingerprint density at radius 3 is 2.21 bits per heavy atom. The average molecular weight is 324 g/mol. The molecule has 3 amide bonds. The van der Waals surface area contributed by atoms with E-state index in [-0.39, 0.29) is 47.9 Å². The average Bonchev–Trinajstić information content (AvgIpc) is 3.26. The lowest BCUT2D eigenvalue weighted by Crippen LogP contribution is -2.44. The Morgan fingerprint density at radius 2 is 1.67 bits per heavy atom. The third kappa shape index (κ3) is 2.11. The number of para-hydroxylation sites is 1. The minimum atomic E-state index is -0.243. The van der Waals surface area contributed by atoms with Crippen LogP contribution in [0.15, 0.2) is 42.5 Å². The van der Waals surface area contributed by atoms with Crippen molar-refractivity contribution in [3.8, 4) is 0 Å². The molecule has 2 aliphatic carbocycles. The zero-order valence-electron chi connectivity index (χ0n) is 13.6. The maximum atomic E-state index is 12.7. The number of hydrogen-bond acceptors (Lipinski definition) is 3. The maximum Gasteiger partial charge on any atom is 0.247 e. The first-order chi connectivity index (χ1) is 11.6. The van der Waals surface area contributed by atoms with E-state index in [4.69, 9.17) is 0 Å². The van der Waals surface area contributed by atoms with Crippen LogP contribution in [-0.4, -0.2) is 35.7 Å². The first kappa shape index (κ1) is 15.1. The highest BCUT2D eigenvalue weighted by Crippen LogP contribution is 2.52. The Balaban J connectivity index is 1.52. The van der Waals surface area contributed by atoms with E-state index in [9.17, 15) is 14.4 Å². The summed E-state index contributed by atoms with van der Waals surface area (Å²) in [5.74, 6) is -0.690. The second-order valence-electron chi connectivity index (χ2n) is 6.74. The number of allylic oxidation sites excluding steroid dienone is 2. The lowest BCUT2D eigenvalue weighted by Gasteiger charge is -2.24. The zero-order chi connectivity index (χ0) is 16.8. The largest absolute Gasteiger partial charge is 0.311 e. The molecule has 1 aromatic carbocycles. The number of amides is 3. The number of imide groups is 1. The molecule has 1 aromatic rings. The fraction of sp³-hybridized carbons (Fsp3) is 0.421. The number of rotatable bonds is 4. The van der Waals surface area contributed by atoms with E-state index < -0.39 is 0 Å².